The standard InChI is InChI=1S/C19H21BrN2O4S/c1-2-18(23)21-9-7-13-11-14(20)12-17(19(13)21)27(24,25)22-8-3-5-15(22)16-6-4-10-26-16/h4,6,10-12,15H,2-3,5,7-9H2,1H3/t15-/m1/s1. The molecule has 0 bridgehead atoms. The summed E-state index contributed by atoms with van der Waals surface area (Å²) in [5.74, 6) is 0.598. The molecular formula is C19H21BrN2O4S. The van der Waals surface area contributed by atoms with Gasteiger partial charge in [0.15, 0.2) is 0 Å². The molecule has 27 heavy (non-hydrogen) atoms. The van der Waals surface area contributed by atoms with E-state index < -0.39 is 10.0 Å². The minimum Gasteiger partial charge on any atom is -0.468 e. The molecule has 6 nitrogen and oxygen atoms in total. The summed E-state index contributed by atoms with van der Waals surface area (Å²) >= 11 is 3.44. The number of carbonyl (C=O) groups excluding carboxylic acids is 1. The molecule has 2 aliphatic rings. The summed E-state index contributed by atoms with van der Waals surface area (Å²) in [5.41, 5.74) is 1.42. The second-order valence-electron chi connectivity index (χ2n) is 6.85. The van der Waals surface area contributed by atoms with Gasteiger partial charge in [0.2, 0.25) is 15.9 Å². The van der Waals surface area contributed by atoms with Gasteiger partial charge in [-0.25, -0.2) is 8.42 Å². The molecule has 4 rings (SSSR count). The highest BCUT2D eigenvalue weighted by atomic mass is 79.9. The Balaban J connectivity index is 1.82. The molecule has 1 atom stereocenters. The summed E-state index contributed by atoms with van der Waals surface area (Å²) in [6, 6.07) is 6.81. The lowest BCUT2D eigenvalue weighted by Crippen LogP contribution is -2.33. The lowest BCUT2D eigenvalue weighted by molar-refractivity contribution is -0.118. The molecule has 2 aliphatic heterocycles. The topological polar surface area (TPSA) is 70.8 Å². The first-order valence-corrected chi connectivity index (χ1v) is 11.3. The van der Waals surface area contributed by atoms with E-state index >= 15 is 0 Å². The Kier molecular flexibility index (Phi) is 4.90. The molecule has 0 aliphatic carbocycles. The minimum atomic E-state index is -3.79. The molecule has 2 aromatic rings. The Morgan fingerprint density at radius 2 is 2.15 bits per heavy atom. The van der Waals surface area contributed by atoms with E-state index in [1.54, 1.807) is 30.2 Å². The fourth-order valence-corrected chi connectivity index (χ4v) is 6.61. The maximum absolute atomic E-state index is 13.6. The molecule has 144 valence electrons. The van der Waals surface area contributed by atoms with Crippen molar-refractivity contribution in [2.45, 2.75) is 43.5 Å². The van der Waals surface area contributed by atoms with Gasteiger partial charge in [0.05, 0.1) is 18.0 Å². The zero-order chi connectivity index (χ0) is 19.2. The van der Waals surface area contributed by atoms with E-state index in [0.717, 1.165) is 18.4 Å². The molecular weight excluding hydrogens is 432 g/mol. The molecule has 1 aromatic heterocycles. The van der Waals surface area contributed by atoms with Crippen molar-refractivity contribution in [2.75, 3.05) is 18.0 Å². The monoisotopic (exact) mass is 452 g/mol. The fraction of sp³-hybridized carbons (Fsp3) is 0.421. The van der Waals surface area contributed by atoms with Crippen molar-refractivity contribution in [2.24, 2.45) is 0 Å². The zero-order valence-corrected chi connectivity index (χ0v) is 17.4. The van der Waals surface area contributed by atoms with Gasteiger partial charge in [0.1, 0.15) is 10.7 Å². The average Bonchev–Trinajstić information content (AvgIpc) is 3.38. The van der Waals surface area contributed by atoms with Gasteiger partial charge in [-0.15, -0.1) is 0 Å². The van der Waals surface area contributed by atoms with E-state index in [0.29, 0.717) is 41.9 Å². The molecule has 0 unspecified atom stereocenters. The third-order valence-electron chi connectivity index (χ3n) is 5.26. The SMILES string of the molecule is CCC(=O)N1CCc2cc(Br)cc(S(=O)(=O)N3CCC[C@@H]3c3ccco3)c21. The molecule has 0 spiro atoms. The Morgan fingerprint density at radius 3 is 2.85 bits per heavy atom. The van der Waals surface area contributed by atoms with Crippen molar-refractivity contribution in [1.82, 2.24) is 4.31 Å². The van der Waals surface area contributed by atoms with Gasteiger partial charge in [-0.3, -0.25) is 4.79 Å². The smallest absolute Gasteiger partial charge is 0.245 e. The van der Waals surface area contributed by atoms with E-state index in [4.69, 9.17) is 4.42 Å². The van der Waals surface area contributed by atoms with Crippen molar-refractivity contribution in [3.05, 3.63) is 46.3 Å². The number of sulfonamides is 1. The number of nitrogens with zero attached hydrogens (tertiary/aromatic N) is 2. The van der Waals surface area contributed by atoms with Gasteiger partial charge in [0, 0.05) is 24.0 Å². The predicted molar refractivity (Wildman–Crippen MR) is 105 cm³/mol. The van der Waals surface area contributed by atoms with Crippen LogP contribution in [0.4, 0.5) is 5.69 Å². The molecule has 3 heterocycles. The molecule has 1 aromatic carbocycles. The number of carbonyl (C=O) groups is 1. The van der Waals surface area contributed by atoms with Gasteiger partial charge in [-0.1, -0.05) is 22.9 Å². The van der Waals surface area contributed by atoms with Crippen LogP contribution < -0.4 is 4.90 Å². The number of benzene rings is 1. The van der Waals surface area contributed by atoms with Crippen LogP contribution in [-0.2, 0) is 21.2 Å². The molecule has 0 N–H and O–H groups in total. The van der Waals surface area contributed by atoms with E-state index in [1.165, 1.54) is 4.31 Å². The quantitative estimate of drug-likeness (QED) is 0.705. The predicted octanol–water partition coefficient (Wildman–Crippen LogP) is 3.87. The number of furan rings is 1. The van der Waals surface area contributed by atoms with Crippen LogP contribution in [0.2, 0.25) is 0 Å². The fourth-order valence-electron chi connectivity index (χ4n) is 4.03. The summed E-state index contributed by atoms with van der Waals surface area (Å²) < 4.78 is 35.0. The van der Waals surface area contributed by atoms with Crippen molar-refractivity contribution in [3.8, 4) is 0 Å². The highest BCUT2D eigenvalue weighted by Crippen LogP contribution is 2.43. The lowest BCUT2D eigenvalue weighted by Gasteiger charge is -2.26. The van der Waals surface area contributed by atoms with Gasteiger partial charge >= 0.3 is 0 Å². The van der Waals surface area contributed by atoms with E-state index in [1.807, 2.05) is 12.1 Å². The summed E-state index contributed by atoms with van der Waals surface area (Å²) in [7, 11) is -3.79. The molecule has 0 radical (unpaired) electrons. The van der Waals surface area contributed by atoms with Crippen LogP contribution in [0.25, 0.3) is 0 Å². The van der Waals surface area contributed by atoms with Gasteiger partial charge < -0.3 is 9.32 Å². The van der Waals surface area contributed by atoms with Crippen molar-refractivity contribution >= 4 is 37.5 Å². The van der Waals surface area contributed by atoms with E-state index in [9.17, 15) is 13.2 Å². The molecule has 1 fully saturated rings. The van der Waals surface area contributed by atoms with Crippen molar-refractivity contribution in [3.63, 3.8) is 0 Å². The highest BCUT2D eigenvalue weighted by Gasteiger charge is 2.41. The Bertz CT molecular complexity index is 972. The Morgan fingerprint density at radius 1 is 1.33 bits per heavy atom. The van der Waals surface area contributed by atoms with Crippen molar-refractivity contribution in [1.29, 1.82) is 0 Å². The number of hydrogen-bond acceptors (Lipinski definition) is 4. The minimum absolute atomic E-state index is 0.0588. The zero-order valence-electron chi connectivity index (χ0n) is 15.0. The third kappa shape index (κ3) is 3.13. The van der Waals surface area contributed by atoms with Gasteiger partial charge in [0.25, 0.3) is 0 Å². The molecule has 1 amide bonds. The highest BCUT2D eigenvalue weighted by molar-refractivity contribution is 9.10. The van der Waals surface area contributed by atoms with E-state index in [-0.39, 0.29) is 16.8 Å². The van der Waals surface area contributed by atoms with Gasteiger partial charge in [-0.2, -0.15) is 4.31 Å². The largest absolute Gasteiger partial charge is 0.468 e. The second kappa shape index (κ2) is 7.07. The second-order valence-corrected chi connectivity index (χ2v) is 9.62. The number of hydrogen-bond donors (Lipinski definition) is 0. The third-order valence-corrected chi connectivity index (χ3v) is 7.64. The number of rotatable bonds is 4. The van der Waals surface area contributed by atoms with Crippen LogP contribution in [-0.4, -0.2) is 31.7 Å². The summed E-state index contributed by atoms with van der Waals surface area (Å²) in [4.78, 5) is 14.2. The Hall–Kier alpha value is -1.64. The summed E-state index contributed by atoms with van der Waals surface area (Å²) in [6.45, 7) is 2.75. The van der Waals surface area contributed by atoms with Crippen LogP contribution >= 0.6 is 15.9 Å². The first kappa shape index (κ1) is 18.7. The average molecular weight is 453 g/mol. The number of amides is 1. The van der Waals surface area contributed by atoms with Crippen LogP contribution in [0.5, 0.6) is 0 Å². The summed E-state index contributed by atoms with van der Waals surface area (Å²) in [5, 5.41) is 0. The van der Waals surface area contributed by atoms with Crippen LogP contribution in [0.3, 0.4) is 0 Å². The van der Waals surface area contributed by atoms with Gasteiger partial charge in [-0.05, 0) is 49.1 Å². The van der Waals surface area contributed by atoms with Crippen LogP contribution in [0.15, 0.2) is 44.3 Å². The summed E-state index contributed by atoms with van der Waals surface area (Å²) in [6.07, 6.45) is 4.06. The number of fused-ring (bicyclic) bond motifs is 1. The van der Waals surface area contributed by atoms with Crippen LogP contribution in [0, 0.1) is 0 Å². The number of halogens is 1. The first-order valence-electron chi connectivity index (χ1n) is 9.11. The molecule has 8 heteroatoms. The first-order chi connectivity index (χ1) is 12.9. The lowest BCUT2D eigenvalue weighted by atomic mass is 10.2. The van der Waals surface area contributed by atoms with Crippen molar-refractivity contribution < 1.29 is 17.6 Å². The maximum atomic E-state index is 13.6. The van der Waals surface area contributed by atoms with Crippen LogP contribution in [0.1, 0.15) is 43.6 Å². The molecule has 0 saturated carbocycles. The number of anilines is 1. The molecule has 1 saturated heterocycles. The normalized spacial score (nSPS) is 20.2. The Labute approximate surface area is 167 Å². The maximum Gasteiger partial charge on any atom is 0.245 e. The van der Waals surface area contributed by atoms with E-state index in [2.05, 4.69) is 15.9 Å².